The van der Waals surface area contributed by atoms with Gasteiger partial charge in [-0.25, -0.2) is 4.68 Å². The molecule has 188 valence electrons. The maximum Gasteiger partial charge on any atom is 0.255 e. The highest BCUT2D eigenvalue weighted by Gasteiger charge is 2.34. The van der Waals surface area contributed by atoms with E-state index in [0.29, 0.717) is 41.9 Å². The van der Waals surface area contributed by atoms with E-state index in [0.717, 1.165) is 22.4 Å². The van der Waals surface area contributed by atoms with Crippen molar-refractivity contribution in [3.8, 4) is 11.5 Å². The minimum atomic E-state index is -0.508. The largest absolute Gasteiger partial charge is 0.490 e. The summed E-state index contributed by atoms with van der Waals surface area (Å²) in [6.07, 6.45) is 1.48. The van der Waals surface area contributed by atoms with E-state index in [1.54, 1.807) is 4.68 Å². The van der Waals surface area contributed by atoms with Crippen molar-refractivity contribution in [3.05, 3.63) is 107 Å². The third-order valence-electron chi connectivity index (χ3n) is 6.17. The van der Waals surface area contributed by atoms with Gasteiger partial charge in [-0.2, -0.15) is 10.1 Å². The molecule has 2 heterocycles. The lowest BCUT2D eigenvalue weighted by Gasteiger charge is -2.29. The van der Waals surface area contributed by atoms with E-state index in [9.17, 15) is 4.79 Å². The zero-order valence-corrected chi connectivity index (χ0v) is 21.1. The first-order chi connectivity index (χ1) is 18.0. The average Bonchev–Trinajstić information content (AvgIpc) is 3.37. The Kier molecular flexibility index (Phi) is 6.89. The topological polar surface area (TPSA) is 90.3 Å². The van der Waals surface area contributed by atoms with Gasteiger partial charge < -0.3 is 20.1 Å². The standard InChI is InChI=1S/C29H29N5O3/c1-4-36-25-16-22(12-15-24(25)37-17-21-8-6-5-7-9-21)27-26(20(3)32-29-30-18-31-34(27)29)28(35)33-23-13-10-19(2)11-14-23/h5-16,18,27H,4,17H2,1-3H3,(H,33,35)(H,30,31,32). The molecule has 1 amide bonds. The molecule has 1 aliphatic heterocycles. The van der Waals surface area contributed by atoms with E-state index in [2.05, 4.69) is 20.7 Å². The van der Waals surface area contributed by atoms with Crippen LogP contribution in [0.5, 0.6) is 11.5 Å². The van der Waals surface area contributed by atoms with Crippen molar-refractivity contribution in [2.75, 3.05) is 17.2 Å². The molecule has 1 atom stereocenters. The molecule has 5 rings (SSSR count). The number of carbonyl (C=O) groups is 1. The predicted octanol–water partition coefficient (Wildman–Crippen LogP) is 5.49. The molecule has 2 N–H and O–H groups in total. The predicted molar refractivity (Wildman–Crippen MR) is 143 cm³/mol. The SMILES string of the molecule is CCOc1cc(C2C(C(=O)Nc3ccc(C)cc3)=C(C)Nc3ncnn32)ccc1OCc1ccccc1. The summed E-state index contributed by atoms with van der Waals surface area (Å²) in [5, 5.41) is 10.7. The molecule has 0 saturated carbocycles. The Labute approximate surface area is 216 Å². The highest BCUT2D eigenvalue weighted by molar-refractivity contribution is 6.06. The highest BCUT2D eigenvalue weighted by Crippen LogP contribution is 2.39. The number of anilines is 2. The van der Waals surface area contributed by atoms with Crippen LogP contribution >= 0.6 is 0 Å². The normalized spacial score (nSPS) is 14.5. The first-order valence-corrected chi connectivity index (χ1v) is 12.2. The Morgan fingerprint density at radius 2 is 1.78 bits per heavy atom. The fraction of sp³-hybridized carbons (Fsp3) is 0.207. The van der Waals surface area contributed by atoms with E-state index in [-0.39, 0.29) is 5.91 Å². The van der Waals surface area contributed by atoms with Gasteiger partial charge in [0.1, 0.15) is 19.0 Å². The van der Waals surface area contributed by atoms with Gasteiger partial charge >= 0.3 is 0 Å². The number of nitrogens with zero attached hydrogens (tertiary/aromatic N) is 3. The molecule has 8 nitrogen and oxygen atoms in total. The van der Waals surface area contributed by atoms with Crippen LogP contribution in [0.25, 0.3) is 0 Å². The second-order valence-corrected chi connectivity index (χ2v) is 8.83. The van der Waals surface area contributed by atoms with E-state index >= 15 is 0 Å². The van der Waals surface area contributed by atoms with E-state index in [4.69, 9.17) is 9.47 Å². The number of rotatable bonds is 8. The van der Waals surface area contributed by atoms with E-state index in [1.165, 1.54) is 6.33 Å². The zero-order chi connectivity index (χ0) is 25.8. The van der Waals surface area contributed by atoms with Gasteiger partial charge in [-0.15, -0.1) is 0 Å². The van der Waals surface area contributed by atoms with Crippen LogP contribution in [-0.2, 0) is 11.4 Å². The van der Waals surface area contributed by atoms with Crippen molar-refractivity contribution in [1.82, 2.24) is 14.8 Å². The maximum atomic E-state index is 13.6. The van der Waals surface area contributed by atoms with Crippen molar-refractivity contribution in [1.29, 1.82) is 0 Å². The molecule has 37 heavy (non-hydrogen) atoms. The van der Waals surface area contributed by atoms with E-state index < -0.39 is 6.04 Å². The molecule has 1 aromatic heterocycles. The minimum Gasteiger partial charge on any atom is -0.490 e. The summed E-state index contributed by atoms with van der Waals surface area (Å²) < 4.78 is 13.8. The van der Waals surface area contributed by atoms with Crippen molar-refractivity contribution >= 4 is 17.5 Å². The summed E-state index contributed by atoms with van der Waals surface area (Å²) in [6.45, 7) is 6.70. The number of benzene rings is 3. The molecule has 0 spiro atoms. The van der Waals surface area contributed by atoms with Crippen LogP contribution in [0.1, 0.15) is 36.6 Å². The number of aryl methyl sites for hydroxylation is 1. The smallest absolute Gasteiger partial charge is 0.255 e. The number of hydrogen-bond donors (Lipinski definition) is 2. The number of aromatic nitrogens is 3. The molecule has 1 unspecified atom stereocenters. The monoisotopic (exact) mass is 495 g/mol. The summed E-state index contributed by atoms with van der Waals surface area (Å²) in [5.74, 6) is 1.58. The highest BCUT2D eigenvalue weighted by atomic mass is 16.5. The third-order valence-corrected chi connectivity index (χ3v) is 6.17. The van der Waals surface area contributed by atoms with Crippen LogP contribution in [0, 0.1) is 6.92 Å². The quantitative estimate of drug-likeness (QED) is 0.336. The minimum absolute atomic E-state index is 0.220. The van der Waals surface area contributed by atoms with Crippen molar-refractivity contribution < 1.29 is 14.3 Å². The van der Waals surface area contributed by atoms with Gasteiger partial charge in [-0.1, -0.05) is 54.1 Å². The molecule has 0 fully saturated rings. The van der Waals surface area contributed by atoms with Gasteiger partial charge in [0.2, 0.25) is 5.95 Å². The molecule has 0 aliphatic carbocycles. The van der Waals surface area contributed by atoms with Gasteiger partial charge in [-0.05, 0) is 56.2 Å². The van der Waals surface area contributed by atoms with Gasteiger partial charge in [0.25, 0.3) is 5.91 Å². The number of ether oxygens (including phenoxy) is 2. The molecule has 3 aromatic carbocycles. The van der Waals surface area contributed by atoms with E-state index in [1.807, 2.05) is 93.6 Å². The van der Waals surface area contributed by atoms with Crippen molar-refractivity contribution in [2.24, 2.45) is 0 Å². The van der Waals surface area contributed by atoms with Crippen molar-refractivity contribution in [2.45, 2.75) is 33.4 Å². The van der Waals surface area contributed by atoms with Crippen LogP contribution < -0.4 is 20.1 Å². The number of amides is 1. The molecule has 0 radical (unpaired) electrons. The lowest BCUT2D eigenvalue weighted by molar-refractivity contribution is -0.113. The lowest BCUT2D eigenvalue weighted by Crippen LogP contribution is -2.31. The van der Waals surface area contributed by atoms with Crippen LogP contribution in [-0.4, -0.2) is 27.3 Å². The Bertz CT molecular complexity index is 1430. The number of carbonyl (C=O) groups excluding carboxylic acids is 1. The Balaban J connectivity index is 1.49. The molecular formula is C29H29N5O3. The Hall–Kier alpha value is -4.59. The van der Waals surface area contributed by atoms with Crippen LogP contribution in [0.3, 0.4) is 0 Å². The summed E-state index contributed by atoms with van der Waals surface area (Å²) in [5.41, 5.74) is 4.98. The second kappa shape index (κ2) is 10.6. The molecule has 8 heteroatoms. The van der Waals surface area contributed by atoms with Crippen LogP contribution in [0.2, 0.25) is 0 Å². The summed E-state index contributed by atoms with van der Waals surface area (Å²) in [6, 6.07) is 22.9. The lowest BCUT2D eigenvalue weighted by atomic mass is 9.94. The number of hydrogen-bond acceptors (Lipinski definition) is 6. The number of fused-ring (bicyclic) bond motifs is 1. The summed E-state index contributed by atoms with van der Waals surface area (Å²) >= 11 is 0. The number of allylic oxidation sites excluding steroid dienone is 1. The Morgan fingerprint density at radius 1 is 1.00 bits per heavy atom. The second-order valence-electron chi connectivity index (χ2n) is 8.83. The molecule has 0 saturated heterocycles. The summed E-state index contributed by atoms with van der Waals surface area (Å²) in [4.78, 5) is 17.9. The first-order valence-electron chi connectivity index (χ1n) is 12.2. The fourth-order valence-corrected chi connectivity index (χ4v) is 4.35. The molecule has 4 aromatic rings. The number of nitrogens with one attached hydrogen (secondary N) is 2. The third kappa shape index (κ3) is 5.18. The zero-order valence-electron chi connectivity index (χ0n) is 21.1. The van der Waals surface area contributed by atoms with Gasteiger partial charge in [0.15, 0.2) is 11.5 Å². The first kappa shape index (κ1) is 24.1. The maximum absolute atomic E-state index is 13.6. The van der Waals surface area contributed by atoms with Crippen molar-refractivity contribution in [3.63, 3.8) is 0 Å². The van der Waals surface area contributed by atoms with Crippen LogP contribution in [0.4, 0.5) is 11.6 Å². The molecular weight excluding hydrogens is 466 g/mol. The van der Waals surface area contributed by atoms with Gasteiger partial charge in [0, 0.05) is 11.4 Å². The van der Waals surface area contributed by atoms with Gasteiger partial charge in [0.05, 0.1) is 12.2 Å². The fourth-order valence-electron chi connectivity index (χ4n) is 4.35. The van der Waals surface area contributed by atoms with Crippen LogP contribution in [0.15, 0.2) is 90.4 Å². The summed E-state index contributed by atoms with van der Waals surface area (Å²) in [7, 11) is 0. The molecule has 0 bridgehead atoms. The molecule has 1 aliphatic rings. The Morgan fingerprint density at radius 3 is 2.54 bits per heavy atom. The van der Waals surface area contributed by atoms with Gasteiger partial charge in [-0.3, -0.25) is 4.79 Å². The average molecular weight is 496 g/mol.